The summed E-state index contributed by atoms with van der Waals surface area (Å²) in [6, 6.07) is 0.411. The Bertz CT molecular complexity index is 257. The number of rotatable bonds is 10. The minimum absolute atomic E-state index is 0.107. The molecule has 20 heavy (non-hydrogen) atoms. The molecule has 0 amide bonds. The summed E-state index contributed by atoms with van der Waals surface area (Å²) in [6.45, 7) is 9.91. The van der Waals surface area contributed by atoms with E-state index in [1.165, 1.54) is 25.7 Å². The van der Waals surface area contributed by atoms with Crippen LogP contribution in [0.25, 0.3) is 0 Å². The first-order chi connectivity index (χ1) is 9.55. The van der Waals surface area contributed by atoms with E-state index < -0.39 is 0 Å². The molecule has 0 heterocycles. The molecule has 0 aromatic heterocycles. The molecule has 0 spiro atoms. The molecule has 3 unspecified atom stereocenters. The van der Waals surface area contributed by atoms with Crippen molar-refractivity contribution in [2.24, 2.45) is 5.92 Å². The molecule has 3 nitrogen and oxygen atoms in total. The molecule has 1 aliphatic carbocycles. The number of hydrogen-bond donors (Lipinski definition) is 2. The summed E-state index contributed by atoms with van der Waals surface area (Å²) >= 11 is 0. The first-order valence-corrected chi connectivity index (χ1v) is 8.55. The molecule has 1 fully saturated rings. The predicted molar refractivity (Wildman–Crippen MR) is 85.0 cm³/mol. The summed E-state index contributed by atoms with van der Waals surface area (Å²) < 4.78 is 6.14. The summed E-state index contributed by atoms with van der Waals surface area (Å²) in [6.07, 6.45) is 8.45. The largest absolute Gasteiger partial charge is 0.394 e. The van der Waals surface area contributed by atoms with Crippen LogP contribution >= 0.6 is 0 Å². The van der Waals surface area contributed by atoms with Crippen molar-refractivity contribution in [3.8, 4) is 0 Å². The quantitative estimate of drug-likeness (QED) is 0.645. The first kappa shape index (κ1) is 17.9. The number of nitrogens with one attached hydrogen (secondary N) is 1. The van der Waals surface area contributed by atoms with E-state index in [-0.39, 0.29) is 12.1 Å². The average Bonchev–Trinajstić information content (AvgIpc) is 2.82. The van der Waals surface area contributed by atoms with Crippen LogP contribution in [0.1, 0.15) is 72.6 Å². The summed E-state index contributed by atoms with van der Waals surface area (Å²) in [7, 11) is 0. The van der Waals surface area contributed by atoms with Gasteiger partial charge in [-0.05, 0) is 31.6 Å². The van der Waals surface area contributed by atoms with Gasteiger partial charge in [0.05, 0.1) is 12.7 Å². The fourth-order valence-corrected chi connectivity index (χ4v) is 3.32. The molecule has 0 bridgehead atoms. The van der Waals surface area contributed by atoms with Gasteiger partial charge in [0.1, 0.15) is 0 Å². The van der Waals surface area contributed by atoms with Gasteiger partial charge in [-0.25, -0.2) is 0 Å². The number of unbranched alkanes of at least 4 members (excludes halogenated alkanes) is 1. The Labute approximate surface area is 125 Å². The fourth-order valence-electron chi connectivity index (χ4n) is 3.32. The van der Waals surface area contributed by atoms with Gasteiger partial charge in [0, 0.05) is 18.2 Å². The van der Waals surface area contributed by atoms with Gasteiger partial charge in [-0.15, -0.1) is 0 Å². The van der Waals surface area contributed by atoms with E-state index in [4.69, 9.17) is 4.74 Å². The van der Waals surface area contributed by atoms with Crippen LogP contribution in [-0.4, -0.2) is 36.0 Å². The molecule has 0 aliphatic heterocycles. The maximum atomic E-state index is 9.70. The number of aliphatic hydroxyl groups excluding tert-OH is 1. The number of hydrogen-bond acceptors (Lipinski definition) is 3. The average molecular weight is 285 g/mol. The minimum atomic E-state index is -0.107. The number of aliphatic hydroxyl groups is 1. The van der Waals surface area contributed by atoms with Crippen LogP contribution in [0.2, 0.25) is 0 Å². The second kappa shape index (κ2) is 9.01. The minimum Gasteiger partial charge on any atom is -0.394 e. The zero-order chi connectivity index (χ0) is 15.0. The summed E-state index contributed by atoms with van der Waals surface area (Å²) in [5.74, 6) is 0.706. The highest BCUT2D eigenvalue weighted by Crippen LogP contribution is 2.32. The molecule has 0 radical (unpaired) electrons. The van der Waals surface area contributed by atoms with Gasteiger partial charge in [-0.3, -0.25) is 0 Å². The van der Waals surface area contributed by atoms with Crippen molar-refractivity contribution < 1.29 is 9.84 Å². The lowest BCUT2D eigenvalue weighted by atomic mass is 9.97. The van der Waals surface area contributed by atoms with Crippen LogP contribution in [-0.2, 0) is 4.74 Å². The van der Waals surface area contributed by atoms with Crippen LogP contribution in [0, 0.1) is 5.92 Å². The SMILES string of the molecule is CCCCC(CC)COC1CCC(CO)(NC(C)C)C1. The molecular weight excluding hydrogens is 250 g/mol. The maximum Gasteiger partial charge on any atom is 0.0614 e. The first-order valence-electron chi connectivity index (χ1n) is 8.55. The maximum absolute atomic E-state index is 9.70. The molecule has 2 N–H and O–H groups in total. The van der Waals surface area contributed by atoms with Gasteiger partial charge < -0.3 is 15.2 Å². The van der Waals surface area contributed by atoms with Gasteiger partial charge in [-0.1, -0.05) is 47.0 Å². The van der Waals surface area contributed by atoms with Crippen molar-refractivity contribution in [1.29, 1.82) is 0 Å². The van der Waals surface area contributed by atoms with E-state index in [2.05, 4.69) is 33.0 Å². The van der Waals surface area contributed by atoms with Crippen molar-refractivity contribution in [3.63, 3.8) is 0 Å². The molecule has 0 aromatic rings. The van der Waals surface area contributed by atoms with Crippen molar-refractivity contribution in [1.82, 2.24) is 5.32 Å². The Morgan fingerprint density at radius 3 is 2.65 bits per heavy atom. The second-order valence-electron chi connectivity index (χ2n) is 6.85. The van der Waals surface area contributed by atoms with Gasteiger partial charge in [0.25, 0.3) is 0 Å². The Kier molecular flexibility index (Phi) is 8.08. The molecular formula is C17H35NO2. The molecule has 1 saturated carbocycles. The third-order valence-electron chi connectivity index (χ3n) is 4.57. The van der Waals surface area contributed by atoms with Gasteiger partial charge in [0.15, 0.2) is 0 Å². The molecule has 0 aromatic carbocycles. The zero-order valence-electron chi connectivity index (χ0n) is 14.0. The van der Waals surface area contributed by atoms with Crippen LogP contribution in [0.15, 0.2) is 0 Å². The Hall–Kier alpha value is -0.120. The highest BCUT2D eigenvalue weighted by molar-refractivity contribution is 4.97. The van der Waals surface area contributed by atoms with Gasteiger partial charge in [0.2, 0.25) is 0 Å². The van der Waals surface area contributed by atoms with E-state index in [1.54, 1.807) is 0 Å². The lowest BCUT2D eigenvalue weighted by molar-refractivity contribution is 0.0212. The Morgan fingerprint density at radius 2 is 2.10 bits per heavy atom. The van der Waals surface area contributed by atoms with E-state index in [0.717, 1.165) is 25.9 Å². The standard InChI is InChI=1S/C17H35NO2/c1-5-7-8-15(6-2)12-20-16-9-10-17(11-16,13-19)18-14(3)4/h14-16,18-19H,5-13H2,1-4H3. The topological polar surface area (TPSA) is 41.5 Å². The van der Waals surface area contributed by atoms with Crippen LogP contribution in [0.5, 0.6) is 0 Å². The highest BCUT2D eigenvalue weighted by Gasteiger charge is 2.39. The highest BCUT2D eigenvalue weighted by atomic mass is 16.5. The Balaban J connectivity index is 2.35. The Morgan fingerprint density at radius 1 is 1.35 bits per heavy atom. The third kappa shape index (κ3) is 5.71. The fraction of sp³-hybridized carbons (Fsp3) is 1.00. The van der Waals surface area contributed by atoms with Crippen molar-refractivity contribution in [2.45, 2.75) is 90.3 Å². The van der Waals surface area contributed by atoms with E-state index in [1.807, 2.05) is 0 Å². The van der Waals surface area contributed by atoms with Crippen LogP contribution < -0.4 is 5.32 Å². The van der Waals surface area contributed by atoms with Crippen LogP contribution in [0.4, 0.5) is 0 Å². The van der Waals surface area contributed by atoms with Gasteiger partial charge >= 0.3 is 0 Å². The summed E-state index contributed by atoms with van der Waals surface area (Å²) in [4.78, 5) is 0. The molecule has 120 valence electrons. The molecule has 3 atom stereocenters. The molecule has 1 rings (SSSR count). The van der Waals surface area contributed by atoms with Crippen molar-refractivity contribution in [2.75, 3.05) is 13.2 Å². The van der Waals surface area contributed by atoms with E-state index in [0.29, 0.717) is 18.1 Å². The van der Waals surface area contributed by atoms with Gasteiger partial charge in [-0.2, -0.15) is 0 Å². The van der Waals surface area contributed by atoms with Crippen molar-refractivity contribution in [3.05, 3.63) is 0 Å². The third-order valence-corrected chi connectivity index (χ3v) is 4.57. The predicted octanol–water partition coefficient (Wildman–Crippen LogP) is 3.50. The lowest BCUT2D eigenvalue weighted by Crippen LogP contribution is -2.50. The summed E-state index contributed by atoms with van der Waals surface area (Å²) in [5.41, 5.74) is -0.107. The lowest BCUT2D eigenvalue weighted by Gasteiger charge is -2.31. The normalized spacial score (nSPS) is 28.2. The van der Waals surface area contributed by atoms with E-state index in [9.17, 15) is 5.11 Å². The van der Waals surface area contributed by atoms with Crippen LogP contribution in [0.3, 0.4) is 0 Å². The van der Waals surface area contributed by atoms with Crippen molar-refractivity contribution >= 4 is 0 Å². The number of ether oxygens (including phenoxy) is 1. The smallest absolute Gasteiger partial charge is 0.0614 e. The molecule has 3 heteroatoms. The second-order valence-corrected chi connectivity index (χ2v) is 6.85. The zero-order valence-corrected chi connectivity index (χ0v) is 14.0. The molecule has 0 saturated heterocycles. The monoisotopic (exact) mass is 285 g/mol. The van der Waals surface area contributed by atoms with E-state index >= 15 is 0 Å². The summed E-state index contributed by atoms with van der Waals surface area (Å²) in [5, 5.41) is 13.2. The molecule has 1 aliphatic rings.